The molecular weight excluding hydrogens is 488 g/mol. The van der Waals surface area contributed by atoms with Gasteiger partial charge in [-0.25, -0.2) is 0 Å². The van der Waals surface area contributed by atoms with Crippen molar-refractivity contribution in [3.8, 4) is 40.2 Å². The molecule has 4 rings (SSSR count). The number of rotatable bonds is 10. The molecule has 0 atom stereocenters. The van der Waals surface area contributed by atoms with Gasteiger partial charge < -0.3 is 33.7 Å². The summed E-state index contributed by atoms with van der Waals surface area (Å²) >= 11 is 0. The van der Waals surface area contributed by atoms with Crippen LogP contribution in [0.2, 0.25) is 0 Å². The van der Waals surface area contributed by atoms with Gasteiger partial charge in [0, 0.05) is 23.3 Å². The van der Waals surface area contributed by atoms with Gasteiger partial charge in [0.05, 0.1) is 34.0 Å². The monoisotopic (exact) mass is 518 g/mol. The van der Waals surface area contributed by atoms with Gasteiger partial charge in [-0.2, -0.15) is 0 Å². The number of nitrogens with one attached hydrogen (secondary N) is 1. The topological polar surface area (TPSA) is 97.4 Å². The fourth-order valence-electron chi connectivity index (χ4n) is 3.97. The van der Waals surface area contributed by atoms with Crippen molar-refractivity contribution < 1.29 is 33.2 Å². The number of pyridine rings is 1. The second-order valence-corrected chi connectivity index (χ2v) is 8.40. The molecule has 0 radical (unpaired) electrons. The zero-order chi connectivity index (χ0) is 27.2. The number of para-hydroxylation sites is 1. The van der Waals surface area contributed by atoms with Crippen LogP contribution in [0.25, 0.3) is 10.9 Å². The van der Waals surface area contributed by atoms with E-state index in [2.05, 4.69) is 10.3 Å². The third kappa shape index (κ3) is 5.51. The maximum atomic E-state index is 12.7. The Balaban J connectivity index is 1.52. The highest BCUT2D eigenvalue weighted by molar-refractivity contribution is 5.93. The average Bonchev–Trinajstić information content (AvgIpc) is 2.93. The van der Waals surface area contributed by atoms with E-state index in [1.165, 1.54) is 14.2 Å². The van der Waals surface area contributed by atoms with Crippen LogP contribution in [0.1, 0.15) is 11.1 Å². The minimum atomic E-state index is -0.324. The quantitative estimate of drug-likeness (QED) is 0.286. The number of carbonyl (C=O) groups is 1. The van der Waals surface area contributed by atoms with Crippen molar-refractivity contribution in [3.05, 3.63) is 65.9 Å². The number of nitrogens with zero attached hydrogens (tertiary/aromatic N) is 1. The summed E-state index contributed by atoms with van der Waals surface area (Å²) < 4.78 is 33.5. The highest BCUT2D eigenvalue weighted by Crippen LogP contribution is 2.39. The van der Waals surface area contributed by atoms with E-state index in [4.69, 9.17) is 28.4 Å². The maximum Gasteiger partial charge on any atom is 0.262 e. The number of carbonyl (C=O) groups excluding carboxylic acids is 1. The molecule has 0 unspecified atom stereocenters. The fourth-order valence-corrected chi connectivity index (χ4v) is 3.97. The van der Waals surface area contributed by atoms with Crippen LogP contribution in [0, 0.1) is 13.8 Å². The first kappa shape index (κ1) is 26.4. The summed E-state index contributed by atoms with van der Waals surface area (Å²) in [6.45, 7) is 3.58. The van der Waals surface area contributed by atoms with E-state index in [-0.39, 0.29) is 12.5 Å². The standard InChI is InChI=1S/C29H30N2O7/c1-17-13-25(38-22-10-11-30-21-15-27(36-6)26(35-5)14-19(21)22)18(2)12-20(17)31-28(32)16-37-29-23(33-3)8-7-9-24(29)34-4/h7-15H,16H2,1-6H3,(H,31,32). The van der Waals surface area contributed by atoms with Gasteiger partial charge in [0.2, 0.25) is 5.75 Å². The molecule has 38 heavy (non-hydrogen) atoms. The van der Waals surface area contributed by atoms with Gasteiger partial charge in [0.15, 0.2) is 29.6 Å². The lowest BCUT2D eigenvalue weighted by molar-refractivity contribution is -0.118. The summed E-state index contributed by atoms with van der Waals surface area (Å²) in [5.41, 5.74) is 3.03. The zero-order valence-corrected chi connectivity index (χ0v) is 22.2. The van der Waals surface area contributed by atoms with E-state index < -0.39 is 0 Å². The summed E-state index contributed by atoms with van der Waals surface area (Å²) in [5.74, 6) is 3.43. The number of hydrogen-bond donors (Lipinski definition) is 1. The number of benzene rings is 3. The SMILES string of the molecule is COc1cc2nccc(Oc3cc(C)c(NC(=O)COc4c(OC)cccc4OC)cc3C)c2cc1OC. The molecule has 0 saturated carbocycles. The molecule has 0 aliphatic heterocycles. The molecular formula is C29H30N2O7. The smallest absolute Gasteiger partial charge is 0.262 e. The predicted octanol–water partition coefficient (Wildman–Crippen LogP) is 5.70. The summed E-state index contributed by atoms with van der Waals surface area (Å²) in [6, 6.07) is 14.4. The van der Waals surface area contributed by atoms with Crippen LogP contribution >= 0.6 is 0 Å². The average molecular weight is 519 g/mol. The number of fused-ring (bicyclic) bond motifs is 1. The predicted molar refractivity (Wildman–Crippen MR) is 145 cm³/mol. The Morgan fingerprint density at radius 1 is 0.763 bits per heavy atom. The van der Waals surface area contributed by atoms with Crippen molar-refractivity contribution in [2.24, 2.45) is 0 Å². The Morgan fingerprint density at radius 3 is 2.08 bits per heavy atom. The van der Waals surface area contributed by atoms with Crippen LogP contribution in [-0.2, 0) is 4.79 Å². The summed E-state index contributed by atoms with van der Waals surface area (Å²) in [6.07, 6.45) is 1.68. The van der Waals surface area contributed by atoms with Crippen molar-refractivity contribution in [2.75, 3.05) is 40.4 Å². The van der Waals surface area contributed by atoms with E-state index in [1.807, 2.05) is 32.0 Å². The Morgan fingerprint density at radius 2 is 1.42 bits per heavy atom. The van der Waals surface area contributed by atoms with Crippen molar-refractivity contribution in [2.45, 2.75) is 13.8 Å². The lowest BCUT2D eigenvalue weighted by Gasteiger charge is -2.17. The van der Waals surface area contributed by atoms with Crippen LogP contribution in [0.15, 0.2) is 54.7 Å². The normalized spacial score (nSPS) is 10.6. The number of aryl methyl sites for hydroxylation is 2. The van der Waals surface area contributed by atoms with Crippen molar-refractivity contribution in [3.63, 3.8) is 0 Å². The van der Waals surface area contributed by atoms with Crippen LogP contribution in [0.5, 0.6) is 40.2 Å². The third-order valence-electron chi connectivity index (χ3n) is 5.95. The van der Waals surface area contributed by atoms with Crippen LogP contribution in [0.4, 0.5) is 5.69 Å². The first-order chi connectivity index (χ1) is 18.4. The molecule has 0 saturated heterocycles. The van der Waals surface area contributed by atoms with Gasteiger partial charge >= 0.3 is 0 Å². The Kier molecular flexibility index (Phi) is 8.06. The van der Waals surface area contributed by atoms with Gasteiger partial charge in [0.25, 0.3) is 5.91 Å². The number of aromatic nitrogens is 1. The van der Waals surface area contributed by atoms with E-state index in [9.17, 15) is 4.79 Å². The molecule has 4 aromatic rings. The van der Waals surface area contributed by atoms with Gasteiger partial charge in [-0.05, 0) is 61.4 Å². The summed E-state index contributed by atoms with van der Waals surface area (Å²) in [7, 11) is 6.22. The zero-order valence-electron chi connectivity index (χ0n) is 22.2. The molecule has 0 aliphatic rings. The van der Waals surface area contributed by atoms with E-state index in [1.54, 1.807) is 50.7 Å². The summed E-state index contributed by atoms with van der Waals surface area (Å²) in [4.78, 5) is 17.1. The number of methoxy groups -OCH3 is 4. The Hall–Kier alpha value is -4.66. The van der Waals surface area contributed by atoms with Gasteiger partial charge in [-0.3, -0.25) is 9.78 Å². The molecule has 0 spiro atoms. The van der Waals surface area contributed by atoms with Gasteiger partial charge in [0.1, 0.15) is 11.5 Å². The minimum Gasteiger partial charge on any atom is -0.493 e. The Labute approximate surface area is 221 Å². The van der Waals surface area contributed by atoms with Crippen LogP contribution in [0.3, 0.4) is 0 Å². The molecule has 1 N–H and O–H groups in total. The van der Waals surface area contributed by atoms with Crippen molar-refractivity contribution in [1.29, 1.82) is 0 Å². The van der Waals surface area contributed by atoms with Crippen molar-refractivity contribution >= 4 is 22.5 Å². The first-order valence-electron chi connectivity index (χ1n) is 11.8. The third-order valence-corrected chi connectivity index (χ3v) is 5.95. The molecule has 0 bridgehead atoms. The molecule has 1 heterocycles. The Bertz CT molecular complexity index is 1450. The first-order valence-corrected chi connectivity index (χ1v) is 11.8. The summed E-state index contributed by atoms with van der Waals surface area (Å²) in [5, 5.41) is 3.68. The minimum absolute atomic E-state index is 0.220. The van der Waals surface area contributed by atoms with Crippen LogP contribution in [-0.4, -0.2) is 45.9 Å². The largest absolute Gasteiger partial charge is 0.493 e. The van der Waals surface area contributed by atoms with Gasteiger partial charge in [-0.15, -0.1) is 0 Å². The second-order valence-electron chi connectivity index (χ2n) is 8.40. The lowest BCUT2D eigenvalue weighted by Crippen LogP contribution is -2.21. The lowest BCUT2D eigenvalue weighted by atomic mass is 10.1. The number of ether oxygens (including phenoxy) is 6. The molecule has 1 aromatic heterocycles. The van der Waals surface area contributed by atoms with E-state index in [0.717, 1.165) is 16.5 Å². The maximum absolute atomic E-state index is 12.7. The van der Waals surface area contributed by atoms with Crippen molar-refractivity contribution in [1.82, 2.24) is 4.98 Å². The van der Waals surface area contributed by atoms with Crippen LogP contribution < -0.4 is 33.7 Å². The molecule has 0 fully saturated rings. The van der Waals surface area contributed by atoms with E-state index >= 15 is 0 Å². The fraction of sp³-hybridized carbons (Fsp3) is 0.241. The molecule has 3 aromatic carbocycles. The number of amides is 1. The van der Waals surface area contributed by atoms with Gasteiger partial charge in [-0.1, -0.05) is 6.07 Å². The second kappa shape index (κ2) is 11.6. The number of anilines is 1. The molecule has 9 nitrogen and oxygen atoms in total. The molecule has 0 aliphatic carbocycles. The highest BCUT2D eigenvalue weighted by Gasteiger charge is 2.16. The number of hydrogen-bond acceptors (Lipinski definition) is 8. The molecule has 9 heteroatoms. The van der Waals surface area contributed by atoms with E-state index in [0.29, 0.717) is 51.5 Å². The highest BCUT2D eigenvalue weighted by atomic mass is 16.5. The molecule has 198 valence electrons. The molecule has 1 amide bonds.